The van der Waals surface area contributed by atoms with Crippen LogP contribution in [0.5, 0.6) is 0 Å². The van der Waals surface area contributed by atoms with Gasteiger partial charge in [-0.2, -0.15) is 0 Å². The molecule has 0 spiro atoms. The molecule has 1 rings (SSSR count). The van der Waals surface area contributed by atoms with Crippen molar-refractivity contribution in [2.45, 2.75) is 71.5 Å². The lowest BCUT2D eigenvalue weighted by Gasteiger charge is -2.34. The molecule has 0 bridgehead atoms. The quantitative estimate of drug-likeness (QED) is 0.574. The number of unbranched alkanes of at least 4 members (excludes halogenated alkanes) is 2. The molecule has 0 radical (unpaired) electrons. The van der Waals surface area contributed by atoms with Crippen LogP contribution in [0.15, 0.2) is 0 Å². The van der Waals surface area contributed by atoms with Crippen LogP contribution in [0.25, 0.3) is 0 Å². The highest BCUT2D eigenvalue weighted by Crippen LogP contribution is 2.29. The van der Waals surface area contributed by atoms with E-state index in [1.54, 1.807) is 0 Å². The molecule has 3 atom stereocenters. The average molecular weight is 313 g/mol. The van der Waals surface area contributed by atoms with Crippen molar-refractivity contribution in [3.05, 3.63) is 0 Å². The van der Waals surface area contributed by atoms with Crippen LogP contribution >= 0.6 is 0 Å². The molecule has 126 valence electrons. The first-order valence-electron chi connectivity index (χ1n) is 8.06. The Balaban J connectivity index is 2.52. The molecule has 0 aromatic rings. The number of esters is 2. The first-order chi connectivity index (χ1) is 10.4. The maximum Gasteiger partial charge on any atom is 0.303 e. The Morgan fingerprint density at radius 2 is 1.64 bits per heavy atom. The number of carbonyl (C=O) groups excluding carboxylic acids is 3. The topological polar surface area (TPSA) is 81.7 Å². The predicted octanol–water partition coefficient (Wildman–Crippen LogP) is 1.96. The summed E-state index contributed by atoms with van der Waals surface area (Å²) in [6.07, 6.45) is 3.75. The van der Waals surface area contributed by atoms with Crippen LogP contribution < -0.4 is 5.32 Å². The fourth-order valence-electron chi connectivity index (χ4n) is 2.76. The summed E-state index contributed by atoms with van der Waals surface area (Å²) in [7, 11) is 0. The van der Waals surface area contributed by atoms with Crippen molar-refractivity contribution < 1.29 is 23.9 Å². The third-order valence-corrected chi connectivity index (χ3v) is 3.82. The molecule has 3 unspecified atom stereocenters. The number of amides is 1. The van der Waals surface area contributed by atoms with Gasteiger partial charge in [-0.25, -0.2) is 0 Å². The second-order valence-electron chi connectivity index (χ2n) is 5.80. The Bertz CT molecular complexity index is 396. The lowest BCUT2D eigenvalue weighted by Crippen LogP contribution is -2.44. The molecule has 0 aromatic heterocycles. The maximum atomic E-state index is 12.2. The van der Waals surface area contributed by atoms with Crippen LogP contribution in [0.3, 0.4) is 0 Å². The smallest absolute Gasteiger partial charge is 0.303 e. The van der Waals surface area contributed by atoms with Gasteiger partial charge >= 0.3 is 11.9 Å². The molecule has 1 aliphatic carbocycles. The third-order valence-electron chi connectivity index (χ3n) is 3.82. The van der Waals surface area contributed by atoms with Crippen LogP contribution in [-0.2, 0) is 23.9 Å². The second kappa shape index (κ2) is 9.43. The van der Waals surface area contributed by atoms with E-state index in [-0.39, 0.29) is 11.8 Å². The molecule has 0 saturated heterocycles. The summed E-state index contributed by atoms with van der Waals surface area (Å²) < 4.78 is 10.4. The number of carbonyl (C=O) groups is 3. The summed E-state index contributed by atoms with van der Waals surface area (Å²) in [6.45, 7) is 5.44. The molecule has 1 saturated carbocycles. The third kappa shape index (κ3) is 6.45. The van der Waals surface area contributed by atoms with Gasteiger partial charge in [-0.1, -0.05) is 19.8 Å². The molecule has 1 aliphatic rings. The normalized spacial score (nSPS) is 24.4. The molecule has 1 N–H and O–H groups in total. The van der Waals surface area contributed by atoms with Gasteiger partial charge < -0.3 is 14.8 Å². The van der Waals surface area contributed by atoms with Crippen molar-refractivity contribution in [3.63, 3.8) is 0 Å². The van der Waals surface area contributed by atoms with E-state index in [0.29, 0.717) is 25.8 Å². The molecule has 6 nitrogen and oxygen atoms in total. The van der Waals surface area contributed by atoms with Gasteiger partial charge in [0.25, 0.3) is 0 Å². The molecule has 0 aromatic carbocycles. The minimum Gasteiger partial charge on any atom is -0.459 e. The highest BCUT2D eigenvalue weighted by atomic mass is 16.6. The standard InChI is InChI=1S/C16H27NO5/c1-4-5-6-9-17-16(20)13-7-8-14(21-11(2)18)15(10-13)22-12(3)19/h13-15H,4-10H2,1-3H3,(H,17,20). The van der Waals surface area contributed by atoms with E-state index in [4.69, 9.17) is 9.47 Å². The van der Waals surface area contributed by atoms with Crippen LogP contribution in [-0.4, -0.2) is 36.6 Å². The van der Waals surface area contributed by atoms with Gasteiger partial charge in [-0.05, 0) is 25.7 Å². The Kier molecular flexibility index (Phi) is 7.91. The van der Waals surface area contributed by atoms with E-state index >= 15 is 0 Å². The van der Waals surface area contributed by atoms with Gasteiger partial charge in [-0.3, -0.25) is 14.4 Å². The van der Waals surface area contributed by atoms with E-state index in [1.165, 1.54) is 13.8 Å². The molecular weight excluding hydrogens is 286 g/mol. The Morgan fingerprint density at radius 3 is 2.23 bits per heavy atom. The number of rotatable bonds is 7. The monoisotopic (exact) mass is 313 g/mol. The predicted molar refractivity (Wildman–Crippen MR) is 81.0 cm³/mol. The van der Waals surface area contributed by atoms with Crippen molar-refractivity contribution in [1.29, 1.82) is 0 Å². The Labute approximate surface area is 131 Å². The van der Waals surface area contributed by atoms with E-state index in [1.807, 2.05) is 0 Å². The van der Waals surface area contributed by atoms with Crippen molar-refractivity contribution in [1.82, 2.24) is 5.32 Å². The first-order valence-corrected chi connectivity index (χ1v) is 8.06. The van der Waals surface area contributed by atoms with Crippen molar-refractivity contribution >= 4 is 17.8 Å². The SMILES string of the molecule is CCCCCNC(=O)C1CCC(OC(C)=O)C(OC(C)=O)C1. The van der Waals surface area contributed by atoms with E-state index in [0.717, 1.165) is 19.3 Å². The molecule has 0 heterocycles. The van der Waals surface area contributed by atoms with Gasteiger partial charge in [0.15, 0.2) is 0 Å². The van der Waals surface area contributed by atoms with Gasteiger partial charge in [-0.15, -0.1) is 0 Å². The van der Waals surface area contributed by atoms with Gasteiger partial charge in [0.2, 0.25) is 5.91 Å². The average Bonchev–Trinajstić information content (AvgIpc) is 2.44. The number of hydrogen-bond acceptors (Lipinski definition) is 5. The zero-order valence-corrected chi connectivity index (χ0v) is 13.7. The minimum absolute atomic E-state index is 0.00506. The summed E-state index contributed by atoms with van der Waals surface area (Å²) in [6, 6.07) is 0. The molecule has 1 amide bonds. The second-order valence-corrected chi connectivity index (χ2v) is 5.80. The summed E-state index contributed by atoms with van der Waals surface area (Å²) in [5, 5.41) is 2.93. The van der Waals surface area contributed by atoms with Gasteiger partial charge in [0.05, 0.1) is 0 Å². The van der Waals surface area contributed by atoms with Crippen molar-refractivity contribution in [3.8, 4) is 0 Å². The molecular formula is C16H27NO5. The summed E-state index contributed by atoms with van der Waals surface area (Å²) in [5.74, 6) is -1.02. The van der Waals surface area contributed by atoms with E-state index in [9.17, 15) is 14.4 Å². The molecule has 22 heavy (non-hydrogen) atoms. The lowest BCUT2D eigenvalue weighted by molar-refractivity contribution is -0.171. The highest BCUT2D eigenvalue weighted by molar-refractivity contribution is 5.79. The maximum absolute atomic E-state index is 12.2. The molecule has 6 heteroatoms. The number of hydrogen-bond donors (Lipinski definition) is 1. The molecule has 0 aliphatic heterocycles. The fraction of sp³-hybridized carbons (Fsp3) is 0.812. The van der Waals surface area contributed by atoms with Gasteiger partial charge in [0.1, 0.15) is 12.2 Å². The zero-order chi connectivity index (χ0) is 16.5. The first kappa shape index (κ1) is 18.5. The minimum atomic E-state index is -0.540. The van der Waals surface area contributed by atoms with Crippen molar-refractivity contribution in [2.75, 3.05) is 6.54 Å². The summed E-state index contributed by atoms with van der Waals surface area (Å²) in [5.41, 5.74) is 0. The summed E-state index contributed by atoms with van der Waals surface area (Å²) in [4.78, 5) is 34.5. The Morgan fingerprint density at radius 1 is 1.00 bits per heavy atom. The number of nitrogens with one attached hydrogen (secondary N) is 1. The van der Waals surface area contributed by atoms with E-state index < -0.39 is 24.1 Å². The summed E-state index contributed by atoms with van der Waals surface area (Å²) >= 11 is 0. The Hall–Kier alpha value is -1.59. The van der Waals surface area contributed by atoms with Gasteiger partial charge in [0, 0.05) is 26.3 Å². The lowest BCUT2D eigenvalue weighted by atomic mass is 9.84. The van der Waals surface area contributed by atoms with Crippen LogP contribution in [0.2, 0.25) is 0 Å². The molecule has 1 fully saturated rings. The largest absolute Gasteiger partial charge is 0.459 e. The number of ether oxygens (including phenoxy) is 2. The van der Waals surface area contributed by atoms with Crippen molar-refractivity contribution in [2.24, 2.45) is 5.92 Å². The van der Waals surface area contributed by atoms with Crippen LogP contribution in [0, 0.1) is 5.92 Å². The zero-order valence-electron chi connectivity index (χ0n) is 13.7. The fourth-order valence-corrected chi connectivity index (χ4v) is 2.76. The van der Waals surface area contributed by atoms with E-state index in [2.05, 4.69) is 12.2 Å². The van der Waals surface area contributed by atoms with Crippen LogP contribution in [0.1, 0.15) is 59.3 Å². The van der Waals surface area contributed by atoms with Crippen LogP contribution in [0.4, 0.5) is 0 Å². The highest BCUT2D eigenvalue weighted by Gasteiger charge is 2.37.